The minimum Gasteiger partial charge on any atom is -0.389 e. The molecule has 5 nitrogen and oxygen atoms in total. The summed E-state index contributed by atoms with van der Waals surface area (Å²) in [7, 11) is 0. The summed E-state index contributed by atoms with van der Waals surface area (Å²) < 4.78 is 5.38. The summed E-state index contributed by atoms with van der Waals surface area (Å²) in [4.78, 5) is 14.1. The Bertz CT molecular complexity index is 278. The first kappa shape index (κ1) is 17.4. The van der Waals surface area contributed by atoms with E-state index in [1.807, 2.05) is 11.8 Å². The molecule has 5 heteroatoms. The van der Waals surface area contributed by atoms with Gasteiger partial charge < -0.3 is 20.1 Å². The second kappa shape index (κ2) is 9.32. The van der Waals surface area contributed by atoms with Crippen LogP contribution in [0, 0.1) is 5.92 Å². The van der Waals surface area contributed by atoms with E-state index in [0.29, 0.717) is 25.7 Å². The summed E-state index contributed by atoms with van der Waals surface area (Å²) in [5.74, 6) is 0.606. The van der Waals surface area contributed by atoms with Gasteiger partial charge in [0.25, 0.3) is 0 Å². The molecule has 0 aromatic heterocycles. The van der Waals surface area contributed by atoms with Crippen LogP contribution in [0.1, 0.15) is 40.0 Å². The van der Waals surface area contributed by atoms with Crippen LogP contribution in [0.3, 0.4) is 0 Å². The summed E-state index contributed by atoms with van der Waals surface area (Å²) in [5.41, 5.74) is 0. The van der Waals surface area contributed by atoms with Gasteiger partial charge in [0.05, 0.1) is 18.8 Å². The van der Waals surface area contributed by atoms with Crippen molar-refractivity contribution >= 4 is 5.91 Å². The minimum atomic E-state index is -0.564. The van der Waals surface area contributed by atoms with Crippen LogP contribution in [0.5, 0.6) is 0 Å². The molecule has 1 fully saturated rings. The van der Waals surface area contributed by atoms with Gasteiger partial charge in [-0.3, -0.25) is 4.79 Å². The highest BCUT2D eigenvalue weighted by Gasteiger charge is 2.22. The molecule has 0 radical (unpaired) electrons. The predicted octanol–water partition coefficient (Wildman–Crippen LogP) is 1.01. The Morgan fingerprint density at radius 2 is 1.85 bits per heavy atom. The van der Waals surface area contributed by atoms with Gasteiger partial charge in [0.15, 0.2) is 0 Å². The van der Waals surface area contributed by atoms with Gasteiger partial charge in [-0.25, -0.2) is 0 Å². The number of carbonyl (C=O) groups excluding carboxylic acids is 1. The molecule has 1 amide bonds. The summed E-state index contributed by atoms with van der Waals surface area (Å²) in [5, 5.41) is 12.9. The number of aliphatic hydroxyl groups excluding tert-OH is 1. The zero-order chi connectivity index (χ0) is 15.0. The van der Waals surface area contributed by atoms with Crippen molar-refractivity contribution in [2.45, 2.75) is 52.2 Å². The minimum absolute atomic E-state index is 0.139. The lowest BCUT2D eigenvalue weighted by Gasteiger charge is -2.29. The van der Waals surface area contributed by atoms with Crippen molar-refractivity contribution in [2.24, 2.45) is 5.92 Å². The third-order valence-corrected chi connectivity index (χ3v) is 3.46. The highest BCUT2D eigenvalue weighted by atomic mass is 16.5. The Balaban J connectivity index is 2.17. The zero-order valence-electron chi connectivity index (χ0n) is 13.1. The average molecular weight is 286 g/mol. The molecule has 1 aliphatic rings. The van der Waals surface area contributed by atoms with Gasteiger partial charge in [-0.1, -0.05) is 13.8 Å². The fourth-order valence-electron chi connectivity index (χ4n) is 2.29. The van der Waals surface area contributed by atoms with Crippen LogP contribution in [0.4, 0.5) is 0 Å². The molecule has 1 rings (SSSR count). The molecule has 0 spiro atoms. The van der Waals surface area contributed by atoms with Gasteiger partial charge in [0.1, 0.15) is 0 Å². The normalized spacial score (nSPS) is 19.1. The monoisotopic (exact) mass is 286 g/mol. The summed E-state index contributed by atoms with van der Waals surface area (Å²) >= 11 is 0. The number of ether oxygens (including phenoxy) is 1. The van der Waals surface area contributed by atoms with Gasteiger partial charge in [0.2, 0.25) is 5.91 Å². The number of amides is 1. The first-order chi connectivity index (χ1) is 9.50. The number of rotatable bonds is 8. The van der Waals surface area contributed by atoms with Crippen LogP contribution in [0.15, 0.2) is 0 Å². The quantitative estimate of drug-likeness (QED) is 0.699. The number of aliphatic hydroxyl groups is 1. The van der Waals surface area contributed by atoms with E-state index in [2.05, 4.69) is 19.2 Å². The first-order valence-electron chi connectivity index (χ1n) is 7.78. The van der Waals surface area contributed by atoms with E-state index in [0.717, 1.165) is 25.9 Å². The molecule has 2 atom stereocenters. The molecule has 2 N–H and O–H groups in total. The van der Waals surface area contributed by atoms with E-state index in [1.165, 1.54) is 6.42 Å². The molecule has 1 aliphatic heterocycles. The standard InChI is InChI=1S/C15H30N2O3/c1-12(2)10-20-11-14(18)9-16-13(3)15(19)17-7-5-4-6-8-17/h12-14,16,18H,4-11H2,1-3H3. The Labute approximate surface area is 122 Å². The largest absolute Gasteiger partial charge is 0.389 e. The molecule has 1 heterocycles. The van der Waals surface area contributed by atoms with Crippen molar-refractivity contribution in [1.82, 2.24) is 10.2 Å². The Hall–Kier alpha value is -0.650. The molecule has 0 saturated carbocycles. The number of nitrogens with zero attached hydrogens (tertiary/aromatic N) is 1. The summed E-state index contributed by atoms with van der Waals surface area (Å²) in [6.07, 6.45) is 2.86. The number of carbonyl (C=O) groups is 1. The molecule has 1 saturated heterocycles. The maximum absolute atomic E-state index is 12.2. The number of hydrogen-bond acceptors (Lipinski definition) is 4. The molecule has 0 bridgehead atoms. The maximum atomic E-state index is 12.2. The molecule has 20 heavy (non-hydrogen) atoms. The molecule has 0 aliphatic carbocycles. The van der Waals surface area contributed by atoms with Crippen molar-refractivity contribution in [3.05, 3.63) is 0 Å². The van der Waals surface area contributed by atoms with Crippen molar-refractivity contribution in [1.29, 1.82) is 0 Å². The highest BCUT2D eigenvalue weighted by Crippen LogP contribution is 2.09. The number of hydrogen-bond donors (Lipinski definition) is 2. The van der Waals surface area contributed by atoms with Gasteiger partial charge in [-0.05, 0) is 32.1 Å². The van der Waals surface area contributed by atoms with E-state index < -0.39 is 6.10 Å². The fourth-order valence-corrected chi connectivity index (χ4v) is 2.29. The molecule has 0 aromatic carbocycles. The van der Waals surface area contributed by atoms with Crippen LogP contribution in [0.2, 0.25) is 0 Å². The molecule has 2 unspecified atom stereocenters. The smallest absolute Gasteiger partial charge is 0.239 e. The van der Waals surface area contributed by atoms with Crippen molar-refractivity contribution in [3.8, 4) is 0 Å². The zero-order valence-corrected chi connectivity index (χ0v) is 13.1. The lowest BCUT2D eigenvalue weighted by molar-refractivity contribution is -0.134. The predicted molar refractivity (Wildman–Crippen MR) is 79.6 cm³/mol. The van der Waals surface area contributed by atoms with Crippen molar-refractivity contribution in [3.63, 3.8) is 0 Å². The number of piperidine rings is 1. The van der Waals surface area contributed by atoms with Crippen LogP contribution in [-0.4, -0.2) is 60.9 Å². The molecule has 0 aromatic rings. The topological polar surface area (TPSA) is 61.8 Å². The lowest BCUT2D eigenvalue weighted by Crippen LogP contribution is -2.48. The second-order valence-corrected chi connectivity index (χ2v) is 6.10. The highest BCUT2D eigenvalue weighted by molar-refractivity contribution is 5.81. The van der Waals surface area contributed by atoms with Crippen LogP contribution in [-0.2, 0) is 9.53 Å². The number of likely N-dealkylation sites (tertiary alicyclic amines) is 1. The maximum Gasteiger partial charge on any atom is 0.239 e. The Morgan fingerprint density at radius 1 is 1.20 bits per heavy atom. The Morgan fingerprint density at radius 3 is 2.45 bits per heavy atom. The van der Waals surface area contributed by atoms with Crippen LogP contribution < -0.4 is 5.32 Å². The van der Waals surface area contributed by atoms with Gasteiger partial charge in [-0.2, -0.15) is 0 Å². The third-order valence-electron chi connectivity index (χ3n) is 3.46. The van der Waals surface area contributed by atoms with E-state index in [1.54, 1.807) is 0 Å². The third kappa shape index (κ3) is 6.68. The fraction of sp³-hybridized carbons (Fsp3) is 0.933. The van der Waals surface area contributed by atoms with Crippen LogP contribution >= 0.6 is 0 Å². The van der Waals surface area contributed by atoms with Crippen molar-refractivity contribution in [2.75, 3.05) is 32.8 Å². The number of nitrogens with one attached hydrogen (secondary N) is 1. The molecule has 118 valence electrons. The summed E-state index contributed by atoms with van der Waals surface area (Å²) in [6.45, 7) is 9.09. The average Bonchev–Trinajstić information content (AvgIpc) is 2.44. The van der Waals surface area contributed by atoms with E-state index in [9.17, 15) is 9.90 Å². The Kier molecular flexibility index (Phi) is 8.11. The van der Waals surface area contributed by atoms with E-state index in [-0.39, 0.29) is 11.9 Å². The van der Waals surface area contributed by atoms with Crippen molar-refractivity contribution < 1.29 is 14.6 Å². The van der Waals surface area contributed by atoms with Gasteiger partial charge in [0, 0.05) is 26.2 Å². The van der Waals surface area contributed by atoms with E-state index >= 15 is 0 Å². The molecular weight excluding hydrogens is 256 g/mol. The van der Waals surface area contributed by atoms with Gasteiger partial charge >= 0.3 is 0 Å². The molecular formula is C15H30N2O3. The van der Waals surface area contributed by atoms with Crippen LogP contribution in [0.25, 0.3) is 0 Å². The second-order valence-electron chi connectivity index (χ2n) is 6.10. The lowest BCUT2D eigenvalue weighted by atomic mass is 10.1. The first-order valence-corrected chi connectivity index (χ1v) is 7.78. The SMILES string of the molecule is CC(C)COCC(O)CNC(C)C(=O)N1CCCCC1. The van der Waals surface area contributed by atoms with E-state index in [4.69, 9.17) is 4.74 Å². The van der Waals surface area contributed by atoms with Gasteiger partial charge in [-0.15, -0.1) is 0 Å². The summed E-state index contributed by atoms with van der Waals surface area (Å²) in [6, 6.07) is -0.243.